The third-order valence-corrected chi connectivity index (χ3v) is 4.91. The van der Waals surface area contributed by atoms with Crippen LogP contribution >= 0.6 is 0 Å². The summed E-state index contributed by atoms with van der Waals surface area (Å²) >= 11 is 0. The van der Waals surface area contributed by atoms with Gasteiger partial charge in [-0.05, 0) is 59.3 Å². The summed E-state index contributed by atoms with van der Waals surface area (Å²) in [5.74, 6) is 3.00. The van der Waals surface area contributed by atoms with E-state index in [1.54, 1.807) is 5.57 Å². The molecule has 1 saturated heterocycles. The second-order valence-corrected chi connectivity index (χ2v) is 6.72. The van der Waals surface area contributed by atoms with Gasteiger partial charge in [-0.1, -0.05) is 24.9 Å². The van der Waals surface area contributed by atoms with Crippen LogP contribution in [0.1, 0.15) is 66.7 Å². The van der Waals surface area contributed by atoms with Crippen LogP contribution in [0.25, 0.3) is 0 Å². The van der Waals surface area contributed by atoms with Crippen molar-refractivity contribution in [2.75, 3.05) is 0 Å². The standard InChI is InChI=1S/C15H27BO2/c1-6-12-9-7-8-10-13(12)11-16-17-14(2,3)15(4,5)18-16/h11-12H,6-10H2,1-5H3/b13-11-. The monoisotopic (exact) mass is 250 g/mol. The lowest BCUT2D eigenvalue weighted by molar-refractivity contribution is 0.00578. The molecule has 2 nitrogen and oxygen atoms in total. The molecule has 1 aliphatic heterocycles. The Bertz CT molecular complexity index is 317. The van der Waals surface area contributed by atoms with Crippen LogP contribution in [0.4, 0.5) is 0 Å². The SMILES string of the molecule is CCC1CCCC/C1=C/B1OC(C)(C)C(C)(C)O1. The van der Waals surface area contributed by atoms with Crippen LogP contribution in [0, 0.1) is 5.92 Å². The summed E-state index contributed by atoms with van der Waals surface area (Å²) in [5.41, 5.74) is 1.12. The highest BCUT2D eigenvalue weighted by molar-refractivity contribution is 6.51. The molecule has 0 N–H and O–H groups in total. The highest BCUT2D eigenvalue weighted by atomic mass is 16.7. The van der Waals surface area contributed by atoms with Crippen molar-refractivity contribution in [3.63, 3.8) is 0 Å². The maximum absolute atomic E-state index is 6.06. The van der Waals surface area contributed by atoms with Crippen LogP contribution in [0.15, 0.2) is 11.5 Å². The smallest absolute Gasteiger partial charge is 0.400 e. The topological polar surface area (TPSA) is 18.5 Å². The molecule has 0 aromatic carbocycles. The molecule has 0 bridgehead atoms. The Morgan fingerprint density at radius 1 is 1.17 bits per heavy atom. The van der Waals surface area contributed by atoms with Crippen molar-refractivity contribution in [3.8, 4) is 0 Å². The third-order valence-electron chi connectivity index (χ3n) is 4.91. The number of allylic oxidation sites excluding steroid dienone is 1. The van der Waals surface area contributed by atoms with E-state index in [1.807, 2.05) is 0 Å². The summed E-state index contributed by atoms with van der Waals surface area (Å²) in [5, 5.41) is 0. The second-order valence-electron chi connectivity index (χ2n) is 6.72. The molecule has 1 aliphatic carbocycles. The normalized spacial score (nSPS) is 33.1. The Labute approximate surface area is 112 Å². The van der Waals surface area contributed by atoms with Crippen LogP contribution in [0.5, 0.6) is 0 Å². The summed E-state index contributed by atoms with van der Waals surface area (Å²) in [6.07, 6.45) is 6.50. The molecule has 102 valence electrons. The molecule has 2 aliphatic rings. The van der Waals surface area contributed by atoms with Gasteiger partial charge in [0.25, 0.3) is 0 Å². The van der Waals surface area contributed by atoms with Crippen LogP contribution in [0.3, 0.4) is 0 Å². The molecule has 1 saturated carbocycles. The minimum Gasteiger partial charge on any atom is -0.400 e. The Kier molecular flexibility index (Phi) is 3.94. The van der Waals surface area contributed by atoms with Gasteiger partial charge in [0.1, 0.15) is 0 Å². The lowest BCUT2D eigenvalue weighted by atomic mass is 9.76. The number of hydrogen-bond acceptors (Lipinski definition) is 2. The average Bonchev–Trinajstić information content (AvgIpc) is 2.47. The first-order valence-electron chi connectivity index (χ1n) is 7.42. The minimum absolute atomic E-state index is 0.155. The average molecular weight is 250 g/mol. The van der Waals surface area contributed by atoms with E-state index in [2.05, 4.69) is 40.6 Å². The zero-order valence-corrected chi connectivity index (χ0v) is 12.6. The van der Waals surface area contributed by atoms with Gasteiger partial charge in [-0.3, -0.25) is 0 Å². The maximum Gasteiger partial charge on any atom is 0.487 e. The number of rotatable bonds is 2. The fourth-order valence-corrected chi connectivity index (χ4v) is 2.93. The highest BCUT2D eigenvalue weighted by Gasteiger charge is 2.50. The first-order valence-corrected chi connectivity index (χ1v) is 7.42. The van der Waals surface area contributed by atoms with Gasteiger partial charge in [-0.2, -0.15) is 0 Å². The Hall–Kier alpha value is -0.275. The lowest BCUT2D eigenvalue weighted by Crippen LogP contribution is -2.41. The van der Waals surface area contributed by atoms with E-state index in [0.717, 1.165) is 5.92 Å². The van der Waals surface area contributed by atoms with Crippen LogP contribution in [-0.4, -0.2) is 18.3 Å². The van der Waals surface area contributed by atoms with Crippen LogP contribution in [0.2, 0.25) is 0 Å². The first-order chi connectivity index (χ1) is 8.36. The van der Waals surface area contributed by atoms with Crippen molar-refractivity contribution >= 4 is 7.12 Å². The molecule has 3 heteroatoms. The van der Waals surface area contributed by atoms with Gasteiger partial charge in [-0.25, -0.2) is 0 Å². The molecular weight excluding hydrogens is 223 g/mol. The second kappa shape index (κ2) is 5.01. The van der Waals surface area contributed by atoms with Gasteiger partial charge < -0.3 is 9.31 Å². The molecule has 0 radical (unpaired) electrons. The molecule has 18 heavy (non-hydrogen) atoms. The molecule has 0 aromatic heterocycles. The predicted octanol–water partition coefficient (Wildman–Crippen LogP) is 4.14. The Morgan fingerprint density at radius 2 is 1.78 bits per heavy atom. The van der Waals surface area contributed by atoms with Gasteiger partial charge in [0.15, 0.2) is 0 Å². The molecular formula is C15H27BO2. The van der Waals surface area contributed by atoms with E-state index in [0.29, 0.717) is 0 Å². The van der Waals surface area contributed by atoms with E-state index in [4.69, 9.17) is 9.31 Å². The predicted molar refractivity (Wildman–Crippen MR) is 76.4 cm³/mol. The zero-order chi connectivity index (χ0) is 13.4. The van der Waals surface area contributed by atoms with E-state index in [1.165, 1.54) is 32.1 Å². The lowest BCUT2D eigenvalue weighted by Gasteiger charge is -2.32. The summed E-state index contributed by atoms with van der Waals surface area (Å²) < 4.78 is 12.1. The van der Waals surface area contributed by atoms with Crippen molar-refractivity contribution < 1.29 is 9.31 Å². The molecule has 0 amide bonds. The van der Waals surface area contributed by atoms with Crippen LogP contribution < -0.4 is 0 Å². The van der Waals surface area contributed by atoms with Crippen LogP contribution in [-0.2, 0) is 9.31 Å². The van der Waals surface area contributed by atoms with Crippen molar-refractivity contribution in [3.05, 3.63) is 11.5 Å². The van der Waals surface area contributed by atoms with Crippen molar-refractivity contribution in [2.45, 2.75) is 77.9 Å². The Balaban J connectivity index is 2.10. The Morgan fingerprint density at radius 3 is 2.33 bits per heavy atom. The molecule has 0 aromatic rings. The van der Waals surface area contributed by atoms with Crippen molar-refractivity contribution in [2.24, 2.45) is 5.92 Å². The van der Waals surface area contributed by atoms with Crippen molar-refractivity contribution in [1.29, 1.82) is 0 Å². The zero-order valence-electron chi connectivity index (χ0n) is 12.6. The first kappa shape index (κ1) is 14.1. The van der Waals surface area contributed by atoms with Crippen molar-refractivity contribution in [1.82, 2.24) is 0 Å². The quantitative estimate of drug-likeness (QED) is 0.685. The largest absolute Gasteiger partial charge is 0.487 e. The molecule has 2 fully saturated rings. The van der Waals surface area contributed by atoms with Gasteiger partial charge in [0, 0.05) is 0 Å². The minimum atomic E-state index is -0.217. The van der Waals surface area contributed by atoms with Gasteiger partial charge >= 0.3 is 7.12 Å². The van der Waals surface area contributed by atoms with E-state index in [-0.39, 0.29) is 18.3 Å². The summed E-state index contributed by atoms with van der Waals surface area (Å²) in [6, 6.07) is 0. The van der Waals surface area contributed by atoms with Gasteiger partial charge in [0.05, 0.1) is 11.2 Å². The fourth-order valence-electron chi connectivity index (χ4n) is 2.93. The van der Waals surface area contributed by atoms with Gasteiger partial charge in [-0.15, -0.1) is 0 Å². The van der Waals surface area contributed by atoms with E-state index in [9.17, 15) is 0 Å². The molecule has 1 heterocycles. The summed E-state index contributed by atoms with van der Waals surface area (Å²) in [7, 11) is -0.155. The summed E-state index contributed by atoms with van der Waals surface area (Å²) in [6.45, 7) is 10.7. The maximum atomic E-state index is 6.06. The molecule has 1 unspecified atom stereocenters. The molecule has 0 spiro atoms. The third kappa shape index (κ3) is 2.67. The number of hydrogen-bond donors (Lipinski definition) is 0. The fraction of sp³-hybridized carbons (Fsp3) is 0.867. The highest BCUT2D eigenvalue weighted by Crippen LogP contribution is 2.39. The van der Waals surface area contributed by atoms with E-state index < -0.39 is 0 Å². The summed E-state index contributed by atoms with van der Waals surface area (Å²) in [4.78, 5) is 0. The molecule has 2 rings (SSSR count). The van der Waals surface area contributed by atoms with E-state index >= 15 is 0 Å². The molecule has 1 atom stereocenters. The van der Waals surface area contributed by atoms with Gasteiger partial charge in [0.2, 0.25) is 0 Å².